The van der Waals surface area contributed by atoms with Gasteiger partial charge in [0.25, 0.3) is 0 Å². The number of hydrogen-bond donors (Lipinski definition) is 1. The number of nitrogens with one attached hydrogen (secondary N) is 1. The lowest BCUT2D eigenvalue weighted by atomic mass is 9.96. The van der Waals surface area contributed by atoms with Gasteiger partial charge in [-0.3, -0.25) is 4.79 Å². The van der Waals surface area contributed by atoms with Gasteiger partial charge in [-0.2, -0.15) is 4.31 Å². The molecule has 1 N–H and O–H groups in total. The van der Waals surface area contributed by atoms with Gasteiger partial charge in [0.1, 0.15) is 5.82 Å². The van der Waals surface area contributed by atoms with Crippen LogP contribution in [0.2, 0.25) is 0 Å². The molecule has 25 heavy (non-hydrogen) atoms. The van der Waals surface area contributed by atoms with E-state index in [0.717, 1.165) is 38.3 Å². The summed E-state index contributed by atoms with van der Waals surface area (Å²) in [6, 6.07) is 4.87. The molecule has 0 aromatic heterocycles. The Kier molecular flexibility index (Phi) is 5.41. The highest BCUT2D eigenvalue weighted by Crippen LogP contribution is 2.25. The van der Waals surface area contributed by atoms with Crippen molar-refractivity contribution in [2.75, 3.05) is 46.3 Å². The molecule has 2 fully saturated rings. The number of hydrogen-bond acceptors (Lipinski definition) is 3. The van der Waals surface area contributed by atoms with Crippen LogP contribution in [0, 0.1) is 11.7 Å². The molecule has 2 heterocycles. The van der Waals surface area contributed by atoms with Gasteiger partial charge in [-0.05, 0) is 37.1 Å². The Labute approximate surface area is 148 Å². The first kappa shape index (κ1) is 18.3. The van der Waals surface area contributed by atoms with Gasteiger partial charge in [0.15, 0.2) is 0 Å². The molecule has 8 heteroatoms. The summed E-state index contributed by atoms with van der Waals surface area (Å²) in [4.78, 5) is 16.1. The number of piperazine rings is 1. The zero-order chi connectivity index (χ0) is 18.0. The van der Waals surface area contributed by atoms with E-state index >= 15 is 0 Å². The number of piperidine rings is 1. The fourth-order valence-electron chi connectivity index (χ4n) is 3.47. The van der Waals surface area contributed by atoms with Crippen LogP contribution < -0.4 is 4.90 Å². The minimum absolute atomic E-state index is 0.0979. The number of sulfonamides is 1. The highest BCUT2D eigenvalue weighted by molar-refractivity contribution is 7.89. The second-order valence-electron chi connectivity index (χ2n) is 6.91. The maximum atomic E-state index is 13.0. The number of halogens is 1. The summed E-state index contributed by atoms with van der Waals surface area (Å²) < 4.78 is 39.6. The molecular formula is C17H25FN3O3S+. The van der Waals surface area contributed by atoms with E-state index < -0.39 is 15.8 Å². The first-order valence-electron chi connectivity index (χ1n) is 8.74. The molecule has 0 atom stereocenters. The van der Waals surface area contributed by atoms with Crippen LogP contribution in [-0.2, 0) is 14.8 Å². The molecule has 1 amide bonds. The largest absolute Gasteiger partial charge is 0.334 e. The fraction of sp³-hybridized carbons (Fsp3) is 0.588. The summed E-state index contributed by atoms with van der Waals surface area (Å²) in [5.74, 6) is -0.401. The van der Waals surface area contributed by atoms with E-state index in [1.807, 2.05) is 4.90 Å². The highest BCUT2D eigenvalue weighted by atomic mass is 32.2. The van der Waals surface area contributed by atoms with Gasteiger partial charge in [-0.15, -0.1) is 0 Å². The van der Waals surface area contributed by atoms with E-state index in [4.69, 9.17) is 0 Å². The van der Waals surface area contributed by atoms with E-state index in [-0.39, 0.29) is 16.7 Å². The zero-order valence-corrected chi connectivity index (χ0v) is 15.3. The van der Waals surface area contributed by atoms with E-state index in [1.165, 1.54) is 21.3 Å². The summed E-state index contributed by atoms with van der Waals surface area (Å²) in [5.41, 5.74) is 0. The normalized spacial score (nSPS) is 21.4. The number of carbonyl (C=O) groups is 1. The Morgan fingerprint density at radius 2 is 1.64 bits per heavy atom. The van der Waals surface area contributed by atoms with Gasteiger partial charge in [-0.1, -0.05) is 0 Å². The minimum atomic E-state index is -3.62. The van der Waals surface area contributed by atoms with E-state index in [9.17, 15) is 17.6 Å². The second-order valence-corrected chi connectivity index (χ2v) is 8.85. The molecule has 2 aliphatic rings. The highest BCUT2D eigenvalue weighted by Gasteiger charge is 2.34. The summed E-state index contributed by atoms with van der Waals surface area (Å²) in [6.07, 6.45) is 1.08. The smallest absolute Gasteiger partial charge is 0.243 e. The summed E-state index contributed by atoms with van der Waals surface area (Å²) in [6.45, 7) is 4.13. The first-order chi connectivity index (χ1) is 11.9. The maximum Gasteiger partial charge on any atom is 0.243 e. The quantitative estimate of drug-likeness (QED) is 0.786. The van der Waals surface area contributed by atoms with Crippen molar-refractivity contribution >= 4 is 15.9 Å². The molecular weight excluding hydrogens is 345 g/mol. The lowest BCUT2D eigenvalue weighted by Gasteiger charge is -2.36. The number of quaternary nitrogens is 1. The molecule has 138 valence electrons. The Morgan fingerprint density at radius 3 is 2.20 bits per heavy atom. The van der Waals surface area contributed by atoms with E-state index in [1.54, 1.807) is 0 Å². The van der Waals surface area contributed by atoms with E-state index in [2.05, 4.69) is 7.05 Å². The molecule has 0 aliphatic carbocycles. The van der Waals surface area contributed by atoms with Crippen molar-refractivity contribution in [1.82, 2.24) is 9.21 Å². The zero-order valence-electron chi connectivity index (χ0n) is 14.4. The fourth-order valence-corrected chi connectivity index (χ4v) is 4.94. The third kappa shape index (κ3) is 4.02. The maximum absolute atomic E-state index is 13.0. The van der Waals surface area contributed by atoms with Crippen LogP contribution in [0.4, 0.5) is 4.39 Å². The van der Waals surface area contributed by atoms with Gasteiger partial charge in [-0.25, -0.2) is 12.8 Å². The summed E-state index contributed by atoms with van der Waals surface area (Å²) >= 11 is 0. The molecule has 0 unspecified atom stereocenters. The molecule has 2 saturated heterocycles. The van der Waals surface area contributed by atoms with Crippen molar-refractivity contribution in [1.29, 1.82) is 0 Å². The molecule has 2 aliphatic heterocycles. The summed E-state index contributed by atoms with van der Waals surface area (Å²) in [7, 11) is -1.50. The van der Waals surface area contributed by atoms with Crippen LogP contribution in [-0.4, -0.2) is 69.8 Å². The average Bonchev–Trinajstić information content (AvgIpc) is 2.62. The van der Waals surface area contributed by atoms with Crippen LogP contribution in [0.25, 0.3) is 0 Å². The van der Waals surface area contributed by atoms with Crippen LogP contribution >= 0.6 is 0 Å². The Morgan fingerprint density at radius 1 is 1.08 bits per heavy atom. The Bertz CT molecular complexity index is 707. The topological polar surface area (TPSA) is 62.1 Å². The van der Waals surface area contributed by atoms with Gasteiger partial charge < -0.3 is 9.80 Å². The molecule has 1 aromatic rings. The van der Waals surface area contributed by atoms with Gasteiger partial charge in [0.05, 0.1) is 38.1 Å². The van der Waals surface area contributed by atoms with Crippen LogP contribution in [0.5, 0.6) is 0 Å². The lowest BCUT2D eigenvalue weighted by Crippen LogP contribution is -3.12. The van der Waals surface area contributed by atoms with Crippen molar-refractivity contribution in [3.05, 3.63) is 30.1 Å². The van der Waals surface area contributed by atoms with Gasteiger partial charge >= 0.3 is 0 Å². The molecule has 0 bridgehead atoms. The number of nitrogens with zero attached hydrogens (tertiary/aromatic N) is 2. The molecule has 0 spiro atoms. The minimum Gasteiger partial charge on any atom is -0.334 e. The van der Waals surface area contributed by atoms with Crippen molar-refractivity contribution < 1.29 is 22.5 Å². The number of likely N-dealkylation sites (N-methyl/N-ethyl adjacent to an activating group) is 1. The molecule has 6 nitrogen and oxygen atoms in total. The standard InChI is InChI=1S/C17H24FN3O3S/c1-19-10-12-20(13-11-19)17(22)14-6-8-21(9-7-14)25(23,24)16-4-2-15(18)3-5-16/h2-5,14H,6-13H2,1H3/p+1. The third-order valence-electron chi connectivity index (χ3n) is 5.18. The average molecular weight is 370 g/mol. The van der Waals surface area contributed by atoms with Crippen LogP contribution in [0.3, 0.4) is 0 Å². The number of amides is 1. The SMILES string of the molecule is C[NH+]1CCN(C(=O)C2CCN(S(=O)(=O)c3ccc(F)cc3)CC2)CC1. The molecule has 0 radical (unpaired) electrons. The van der Waals surface area contributed by atoms with Gasteiger partial charge in [0, 0.05) is 19.0 Å². The Hall–Kier alpha value is -1.51. The van der Waals surface area contributed by atoms with Crippen LogP contribution in [0.1, 0.15) is 12.8 Å². The van der Waals surface area contributed by atoms with E-state index in [0.29, 0.717) is 25.9 Å². The van der Waals surface area contributed by atoms with Crippen molar-refractivity contribution in [3.63, 3.8) is 0 Å². The van der Waals surface area contributed by atoms with Crippen LogP contribution in [0.15, 0.2) is 29.2 Å². The number of carbonyl (C=O) groups excluding carboxylic acids is 1. The monoisotopic (exact) mass is 370 g/mol. The second kappa shape index (κ2) is 7.39. The number of rotatable bonds is 3. The molecule has 3 rings (SSSR count). The lowest BCUT2D eigenvalue weighted by molar-refractivity contribution is -0.883. The predicted molar refractivity (Wildman–Crippen MR) is 91.1 cm³/mol. The van der Waals surface area contributed by atoms with Crippen molar-refractivity contribution in [2.45, 2.75) is 17.7 Å². The summed E-state index contributed by atoms with van der Waals surface area (Å²) in [5, 5.41) is 0. The third-order valence-corrected chi connectivity index (χ3v) is 7.10. The van der Waals surface area contributed by atoms with Gasteiger partial charge in [0.2, 0.25) is 15.9 Å². The number of benzene rings is 1. The Balaban J connectivity index is 1.59. The van der Waals surface area contributed by atoms with Crippen molar-refractivity contribution in [2.24, 2.45) is 5.92 Å². The first-order valence-corrected chi connectivity index (χ1v) is 10.2. The molecule has 1 aromatic carbocycles. The molecule has 0 saturated carbocycles. The van der Waals surface area contributed by atoms with Crippen molar-refractivity contribution in [3.8, 4) is 0 Å². The predicted octanol–water partition coefficient (Wildman–Crippen LogP) is -0.417.